The number of hydroxylamine groups is 3. The third-order valence-corrected chi connectivity index (χ3v) is 3.95. The molecule has 2 nitrogen and oxygen atoms in total. The lowest BCUT2D eigenvalue weighted by atomic mass is 9.84. The molecule has 0 aromatic rings. The fourth-order valence-electron chi connectivity index (χ4n) is 2.60. The van der Waals surface area contributed by atoms with Crippen molar-refractivity contribution in [3.8, 4) is 0 Å². The molecule has 0 rings (SSSR count). The molecule has 0 aromatic carbocycles. The highest BCUT2D eigenvalue weighted by Gasteiger charge is 2.46. The summed E-state index contributed by atoms with van der Waals surface area (Å²) in [7, 11) is 2.14. The summed E-state index contributed by atoms with van der Waals surface area (Å²) in [5.41, 5.74) is -0.0323. The van der Waals surface area contributed by atoms with Gasteiger partial charge in [0.15, 0.2) is 0 Å². The largest absolute Gasteiger partial charge is 1.00 e. The van der Waals surface area contributed by atoms with Crippen LogP contribution in [-0.4, -0.2) is 30.4 Å². The van der Waals surface area contributed by atoms with Crippen molar-refractivity contribution in [3.63, 3.8) is 0 Å². The molecule has 0 aliphatic heterocycles. The Bertz CT molecular complexity index is 304. The molecular formula is C17H30BrNO. The first-order chi connectivity index (χ1) is 9.05. The predicted octanol–water partition coefficient (Wildman–Crippen LogP) is 1.43. The zero-order chi connectivity index (χ0) is 14.8. The van der Waals surface area contributed by atoms with E-state index in [-0.39, 0.29) is 22.5 Å². The van der Waals surface area contributed by atoms with Crippen molar-refractivity contribution in [1.82, 2.24) is 0 Å². The van der Waals surface area contributed by atoms with E-state index in [0.29, 0.717) is 11.3 Å². The molecule has 0 spiro atoms. The van der Waals surface area contributed by atoms with Crippen LogP contribution in [0.3, 0.4) is 0 Å². The van der Waals surface area contributed by atoms with Crippen LogP contribution in [0, 0.1) is 0 Å². The fraction of sp³-hybridized carbons (Fsp3) is 0.529. The summed E-state index contributed by atoms with van der Waals surface area (Å²) >= 11 is 0. The molecule has 0 fully saturated rings. The molecule has 0 amide bonds. The van der Waals surface area contributed by atoms with Gasteiger partial charge in [0.2, 0.25) is 0 Å². The van der Waals surface area contributed by atoms with Crippen LogP contribution in [0.25, 0.3) is 0 Å². The van der Waals surface area contributed by atoms with Crippen LogP contribution in [-0.2, 0) is 4.84 Å². The minimum absolute atomic E-state index is 0. The van der Waals surface area contributed by atoms with E-state index in [2.05, 4.69) is 40.3 Å². The summed E-state index contributed by atoms with van der Waals surface area (Å²) in [6.45, 7) is 19.0. The third kappa shape index (κ3) is 5.39. The van der Waals surface area contributed by atoms with E-state index in [9.17, 15) is 0 Å². The molecule has 3 heteroatoms. The van der Waals surface area contributed by atoms with E-state index in [1.54, 1.807) is 6.08 Å². The molecule has 116 valence electrons. The SMILES string of the molecule is C=CCCC(CC=C)(CC=C)[N+](C)(CC)OCC=C.[Br-]. The smallest absolute Gasteiger partial charge is 0.136 e. The first-order valence-electron chi connectivity index (χ1n) is 6.99. The van der Waals surface area contributed by atoms with Crippen LogP contribution in [0.5, 0.6) is 0 Å². The molecule has 0 aromatic heterocycles. The highest BCUT2D eigenvalue weighted by atomic mass is 79.9. The van der Waals surface area contributed by atoms with Crippen molar-refractivity contribution in [2.24, 2.45) is 0 Å². The summed E-state index contributed by atoms with van der Waals surface area (Å²) in [5, 5.41) is 0. The highest BCUT2D eigenvalue weighted by molar-refractivity contribution is 4.94. The van der Waals surface area contributed by atoms with E-state index < -0.39 is 0 Å². The summed E-state index contributed by atoms with van der Waals surface area (Å²) in [4.78, 5) is 6.09. The second-order valence-electron chi connectivity index (χ2n) is 5.04. The van der Waals surface area contributed by atoms with Crippen molar-refractivity contribution in [3.05, 3.63) is 50.6 Å². The molecule has 0 saturated heterocycles. The molecule has 0 bridgehead atoms. The minimum atomic E-state index is -0.0323. The van der Waals surface area contributed by atoms with E-state index in [4.69, 9.17) is 4.84 Å². The first kappa shape index (κ1) is 21.7. The minimum Gasteiger partial charge on any atom is -1.00 e. The second-order valence-corrected chi connectivity index (χ2v) is 5.04. The van der Waals surface area contributed by atoms with Gasteiger partial charge in [0.25, 0.3) is 0 Å². The van der Waals surface area contributed by atoms with Gasteiger partial charge >= 0.3 is 0 Å². The molecule has 20 heavy (non-hydrogen) atoms. The molecule has 0 N–H and O–H groups in total. The zero-order valence-electron chi connectivity index (χ0n) is 13.1. The van der Waals surface area contributed by atoms with Gasteiger partial charge in [-0.25, -0.2) is 0 Å². The average Bonchev–Trinajstić information content (AvgIpc) is 2.42. The van der Waals surface area contributed by atoms with Crippen LogP contribution in [0.2, 0.25) is 0 Å². The molecule has 0 heterocycles. The Labute approximate surface area is 135 Å². The monoisotopic (exact) mass is 343 g/mol. The van der Waals surface area contributed by atoms with Gasteiger partial charge in [0.05, 0.1) is 7.05 Å². The normalized spacial score (nSPS) is 13.7. The molecule has 0 radical (unpaired) electrons. The second kappa shape index (κ2) is 11.1. The summed E-state index contributed by atoms with van der Waals surface area (Å²) < 4.78 is 0.547. The highest BCUT2D eigenvalue weighted by Crippen LogP contribution is 2.36. The molecule has 0 saturated carbocycles. The van der Waals surface area contributed by atoms with Gasteiger partial charge in [-0.3, -0.25) is 0 Å². The zero-order valence-corrected chi connectivity index (χ0v) is 14.7. The molecular weight excluding hydrogens is 314 g/mol. The number of rotatable bonds is 12. The Morgan fingerprint density at radius 2 is 1.55 bits per heavy atom. The van der Waals surface area contributed by atoms with Crippen molar-refractivity contribution in [2.45, 2.75) is 38.1 Å². The molecule has 1 unspecified atom stereocenters. The van der Waals surface area contributed by atoms with E-state index in [1.165, 1.54) is 0 Å². The first-order valence-corrected chi connectivity index (χ1v) is 6.99. The topological polar surface area (TPSA) is 9.23 Å². The van der Waals surface area contributed by atoms with Crippen LogP contribution < -0.4 is 17.0 Å². The average molecular weight is 344 g/mol. The third-order valence-electron chi connectivity index (χ3n) is 3.95. The van der Waals surface area contributed by atoms with Gasteiger partial charge < -0.3 is 17.0 Å². The van der Waals surface area contributed by atoms with Gasteiger partial charge in [-0.2, -0.15) is 9.48 Å². The molecule has 0 aliphatic carbocycles. The quantitative estimate of drug-likeness (QED) is 0.296. The van der Waals surface area contributed by atoms with Gasteiger partial charge in [-0.05, 0) is 13.3 Å². The maximum atomic E-state index is 6.09. The Morgan fingerprint density at radius 3 is 1.90 bits per heavy atom. The number of halogens is 1. The van der Waals surface area contributed by atoms with Gasteiger partial charge in [0.1, 0.15) is 18.7 Å². The molecule has 1 atom stereocenters. The maximum absolute atomic E-state index is 6.09. The number of allylic oxidation sites excluding steroid dienone is 1. The Kier molecular flexibility index (Phi) is 12.0. The maximum Gasteiger partial charge on any atom is 0.136 e. The standard InChI is InChI=1S/C17H30NO.BrH/c1-7-12-15-17(13-8-2,14-9-3)18(6,11-5)19-16-10-4;/h7-10H,1-4,11-16H2,5-6H3;1H/q+1;/p-1. The summed E-state index contributed by atoms with van der Waals surface area (Å²) in [6, 6.07) is 0. The van der Waals surface area contributed by atoms with Crippen LogP contribution in [0.4, 0.5) is 0 Å². The number of quaternary nitrogens is 1. The van der Waals surface area contributed by atoms with Crippen molar-refractivity contribution in [2.75, 3.05) is 20.2 Å². The lowest BCUT2D eigenvalue weighted by molar-refractivity contribution is -1.13. The number of hydrogen-bond acceptors (Lipinski definition) is 1. The van der Waals surface area contributed by atoms with Crippen molar-refractivity contribution in [1.29, 1.82) is 0 Å². The lowest BCUT2D eigenvalue weighted by Crippen LogP contribution is -3.00. The van der Waals surface area contributed by atoms with Crippen LogP contribution in [0.15, 0.2) is 50.6 Å². The Morgan fingerprint density at radius 1 is 1.00 bits per heavy atom. The van der Waals surface area contributed by atoms with Gasteiger partial charge in [0, 0.05) is 19.3 Å². The van der Waals surface area contributed by atoms with E-state index >= 15 is 0 Å². The van der Waals surface area contributed by atoms with Crippen molar-refractivity contribution >= 4 is 0 Å². The van der Waals surface area contributed by atoms with Crippen LogP contribution >= 0.6 is 0 Å². The van der Waals surface area contributed by atoms with Gasteiger partial charge in [-0.15, -0.1) is 26.3 Å². The summed E-state index contributed by atoms with van der Waals surface area (Å²) in [5.74, 6) is 0. The fourth-order valence-corrected chi connectivity index (χ4v) is 2.60. The Hall–Kier alpha value is -0.640. The predicted molar refractivity (Wildman–Crippen MR) is 84.7 cm³/mol. The lowest BCUT2D eigenvalue weighted by Gasteiger charge is -2.47. The number of nitrogens with zero attached hydrogens (tertiary/aromatic N) is 1. The van der Waals surface area contributed by atoms with E-state index in [1.807, 2.05) is 18.2 Å². The number of hydrogen-bond donors (Lipinski definition) is 0. The van der Waals surface area contributed by atoms with Crippen LogP contribution in [0.1, 0.15) is 32.6 Å². The molecule has 0 aliphatic rings. The van der Waals surface area contributed by atoms with E-state index in [0.717, 1.165) is 32.2 Å². The van der Waals surface area contributed by atoms with Crippen molar-refractivity contribution < 1.29 is 26.5 Å². The Balaban J connectivity index is 0. The van der Waals surface area contributed by atoms with Gasteiger partial charge in [-0.1, -0.05) is 24.3 Å². The summed E-state index contributed by atoms with van der Waals surface area (Å²) in [6.07, 6.45) is 11.5.